The SMILES string of the molecule is COc1c(Br)cc(Br)cc1CNCCCNCCO. The van der Waals surface area contributed by atoms with Gasteiger partial charge < -0.3 is 20.5 Å². The molecule has 0 aliphatic rings. The molecule has 4 nitrogen and oxygen atoms in total. The fraction of sp³-hybridized carbons (Fsp3) is 0.538. The van der Waals surface area contributed by atoms with E-state index in [2.05, 4.69) is 48.6 Å². The number of aliphatic hydroxyl groups excluding tert-OH is 1. The van der Waals surface area contributed by atoms with Crippen molar-refractivity contribution in [3.05, 3.63) is 26.6 Å². The average molecular weight is 396 g/mol. The van der Waals surface area contributed by atoms with Gasteiger partial charge in [-0.05, 0) is 47.6 Å². The Kier molecular flexibility index (Phi) is 8.65. The van der Waals surface area contributed by atoms with Crippen LogP contribution < -0.4 is 15.4 Å². The summed E-state index contributed by atoms with van der Waals surface area (Å²) >= 11 is 6.97. The second kappa shape index (κ2) is 9.72. The molecule has 0 heterocycles. The number of methoxy groups -OCH3 is 1. The Morgan fingerprint density at radius 3 is 2.58 bits per heavy atom. The highest BCUT2D eigenvalue weighted by Crippen LogP contribution is 2.32. The third kappa shape index (κ3) is 6.23. The summed E-state index contributed by atoms with van der Waals surface area (Å²) in [5, 5.41) is 15.2. The molecular weight excluding hydrogens is 376 g/mol. The molecule has 0 aliphatic heterocycles. The van der Waals surface area contributed by atoms with Crippen molar-refractivity contribution in [2.24, 2.45) is 0 Å². The van der Waals surface area contributed by atoms with E-state index < -0.39 is 0 Å². The molecule has 0 saturated carbocycles. The van der Waals surface area contributed by atoms with Gasteiger partial charge in [-0.3, -0.25) is 0 Å². The Morgan fingerprint density at radius 2 is 1.89 bits per heavy atom. The van der Waals surface area contributed by atoms with E-state index in [0.29, 0.717) is 6.54 Å². The molecule has 19 heavy (non-hydrogen) atoms. The van der Waals surface area contributed by atoms with Crippen LogP contribution in [0, 0.1) is 0 Å². The summed E-state index contributed by atoms with van der Waals surface area (Å²) in [5.74, 6) is 0.870. The van der Waals surface area contributed by atoms with Crippen LogP contribution in [-0.4, -0.2) is 38.5 Å². The lowest BCUT2D eigenvalue weighted by atomic mass is 10.2. The van der Waals surface area contributed by atoms with Gasteiger partial charge in [0.05, 0.1) is 18.2 Å². The zero-order valence-corrected chi connectivity index (χ0v) is 14.2. The summed E-state index contributed by atoms with van der Waals surface area (Å²) in [4.78, 5) is 0. The van der Waals surface area contributed by atoms with Gasteiger partial charge in [-0.15, -0.1) is 0 Å². The van der Waals surface area contributed by atoms with Crippen LogP contribution in [0.1, 0.15) is 12.0 Å². The molecule has 1 rings (SSSR count). The molecule has 0 radical (unpaired) electrons. The number of rotatable bonds is 9. The van der Waals surface area contributed by atoms with Gasteiger partial charge >= 0.3 is 0 Å². The molecule has 0 amide bonds. The van der Waals surface area contributed by atoms with Crippen molar-refractivity contribution in [3.63, 3.8) is 0 Å². The average Bonchev–Trinajstić information content (AvgIpc) is 2.37. The zero-order valence-electron chi connectivity index (χ0n) is 11.0. The van der Waals surface area contributed by atoms with E-state index in [1.54, 1.807) is 7.11 Å². The van der Waals surface area contributed by atoms with E-state index in [0.717, 1.165) is 46.3 Å². The van der Waals surface area contributed by atoms with E-state index >= 15 is 0 Å². The lowest BCUT2D eigenvalue weighted by Gasteiger charge is -2.12. The van der Waals surface area contributed by atoms with Crippen molar-refractivity contribution >= 4 is 31.9 Å². The van der Waals surface area contributed by atoms with Gasteiger partial charge in [-0.25, -0.2) is 0 Å². The maximum Gasteiger partial charge on any atom is 0.137 e. The maximum absolute atomic E-state index is 8.63. The minimum absolute atomic E-state index is 0.191. The largest absolute Gasteiger partial charge is 0.495 e. The van der Waals surface area contributed by atoms with Crippen LogP contribution in [0.3, 0.4) is 0 Å². The quantitative estimate of drug-likeness (QED) is 0.561. The summed E-state index contributed by atoms with van der Waals surface area (Å²) in [7, 11) is 1.68. The van der Waals surface area contributed by atoms with Crippen LogP contribution in [0.4, 0.5) is 0 Å². The highest BCUT2D eigenvalue weighted by atomic mass is 79.9. The van der Waals surface area contributed by atoms with Crippen molar-refractivity contribution in [1.82, 2.24) is 10.6 Å². The number of ether oxygens (including phenoxy) is 1. The molecule has 0 atom stereocenters. The standard InChI is InChI=1S/C13H20Br2N2O2/c1-19-13-10(7-11(14)8-12(13)15)9-17-4-2-3-16-5-6-18/h7-8,16-18H,2-6,9H2,1H3. The van der Waals surface area contributed by atoms with E-state index in [1.807, 2.05) is 6.07 Å². The number of nitrogens with one attached hydrogen (secondary N) is 2. The van der Waals surface area contributed by atoms with Crippen LogP contribution in [0.2, 0.25) is 0 Å². The molecule has 0 unspecified atom stereocenters. The molecule has 0 aromatic heterocycles. The third-order valence-corrected chi connectivity index (χ3v) is 3.65. The predicted molar refractivity (Wildman–Crippen MR) is 84.7 cm³/mol. The summed E-state index contributed by atoms with van der Waals surface area (Å²) in [6.45, 7) is 3.45. The van der Waals surface area contributed by atoms with Gasteiger partial charge in [-0.1, -0.05) is 15.9 Å². The Balaban J connectivity index is 2.36. The summed E-state index contributed by atoms with van der Waals surface area (Å²) in [6.07, 6.45) is 1.03. The molecule has 0 bridgehead atoms. The summed E-state index contributed by atoms with van der Waals surface area (Å²) in [5.41, 5.74) is 1.12. The molecule has 0 spiro atoms. The molecule has 1 aromatic rings. The highest BCUT2D eigenvalue weighted by Gasteiger charge is 2.08. The van der Waals surface area contributed by atoms with Crippen molar-refractivity contribution < 1.29 is 9.84 Å². The van der Waals surface area contributed by atoms with Crippen LogP contribution >= 0.6 is 31.9 Å². The predicted octanol–water partition coefficient (Wildman–Crippen LogP) is 2.28. The molecule has 6 heteroatoms. The molecule has 3 N–H and O–H groups in total. The fourth-order valence-corrected chi connectivity index (χ4v) is 3.21. The van der Waals surface area contributed by atoms with Gasteiger partial charge in [0.25, 0.3) is 0 Å². The van der Waals surface area contributed by atoms with Crippen molar-refractivity contribution in [2.75, 3.05) is 33.4 Å². The summed E-state index contributed by atoms with van der Waals surface area (Å²) in [6, 6.07) is 4.03. The van der Waals surface area contributed by atoms with Crippen LogP contribution in [0.25, 0.3) is 0 Å². The van der Waals surface area contributed by atoms with E-state index in [4.69, 9.17) is 9.84 Å². The minimum Gasteiger partial charge on any atom is -0.495 e. The van der Waals surface area contributed by atoms with E-state index in [-0.39, 0.29) is 6.61 Å². The van der Waals surface area contributed by atoms with Gasteiger partial charge in [0.1, 0.15) is 5.75 Å². The molecule has 0 fully saturated rings. The van der Waals surface area contributed by atoms with Crippen LogP contribution in [0.15, 0.2) is 21.1 Å². The monoisotopic (exact) mass is 394 g/mol. The number of aliphatic hydroxyl groups is 1. The highest BCUT2D eigenvalue weighted by molar-refractivity contribution is 9.11. The van der Waals surface area contributed by atoms with Crippen LogP contribution in [-0.2, 0) is 6.54 Å². The molecule has 0 saturated heterocycles. The van der Waals surface area contributed by atoms with E-state index in [1.165, 1.54) is 0 Å². The molecule has 108 valence electrons. The van der Waals surface area contributed by atoms with Gasteiger partial charge in [0, 0.05) is 23.1 Å². The Morgan fingerprint density at radius 1 is 1.16 bits per heavy atom. The second-order valence-corrected chi connectivity index (χ2v) is 5.85. The summed E-state index contributed by atoms with van der Waals surface area (Å²) < 4.78 is 7.37. The first kappa shape index (κ1) is 16.9. The Labute approximate surface area is 131 Å². The minimum atomic E-state index is 0.191. The third-order valence-electron chi connectivity index (χ3n) is 2.60. The second-order valence-electron chi connectivity index (χ2n) is 4.08. The number of benzene rings is 1. The van der Waals surface area contributed by atoms with Crippen LogP contribution in [0.5, 0.6) is 5.75 Å². The lowest BCUT2D eigenvalue weighted by molar-refractivity contribution is 0.292. The van der Waals surface area contributed by atoms with E-state index in [9.17, 15) is 0 Å². The first-order chi connectivity index (χ1) is 9.19. The number of hydrogen-bond acceptors (Lipinski definition) is 4. The van der Waals surface area contributed by atoms with Crippen molar-refractivity contribution in [1.29, 1.82) is 0 Å². The first-order valence-corrected chi connectivity index (χ1v) is 7.82. The first-order valence-electron chi connectivity index (χ1n) is 6.23. The topological polar surface area (TPSA) is 53.5 Å². The van der Waals surface area contributed by atoms with Gasteiger partial charge in [0.15, 0.2) is 0 Å². The Bertz CT molecular complexity index is 389. The smallest absolute Gasteiger partial charge is 0.137 e. The zero-order chi connectivity index (χ0) is 14.1. The fourth-order valence-electron chi connectivity index (χ4n) is 1.74. The maximum atomic E-state index is 8.63. The molecule has 0 aliphatic carbocycles. The number of hydrogen-bond donors (Lipinski definition) is 3. The molecule has 1 aromatic carbocycles. The molecular formula is C13H20Br2N2O2. The number of halogens is 2. The Hall–Kier alpha value is -0.140. The van der Waals surface area contributed by atoms with Gasteiger partial charge in [0.2, 0.25) is 0 Å². The van der Waals surface area contributed by atoms with Crippen molar-refractivity contribution in [2.45, 2.75) is 13.0 Å². The van der Waals surface area contributed by atoms with Crippen molar-refractivity contribution in [3.8, 4) is 5.75 Å². The normalized spacial score (nSPS) is 10.7. The lowest BCUT2D eigenvalue weighted by Crippen LogP contribution is -2.24. The van der Waals surface area contributed by atoms with Gasteiger partial charge in [-0.2, -0.15) is 0 Å².